The summed E-state index contributed by atoms with van der Waals surface area (Å²) >= 11 is 0. The highest BCUT2D eigenvalue weighted by atomic mass is 16.8. The van der Waals surface area contributed by atoms with Crippen molar-refractivity contribution in [2.24, 2.45) is 0 Å². The molecule has 12 heavy (non-hydrogen) atoms. The predicted octanol–water partition coefficient (Wildman–Crippen LogP) is 0.469. The molecule has 0 amide bonds. The predicted molar refractivity (Wildman–Crippen MR) is 40.1 cm³/mol. The van der Waals surface area contributed by atoms with E-state index in [4.69, 9.17) is 20.6 Å². The SMILES string of the molecule is OCc1ccc(O)c(N(O)O)c1. The molecule has 0 saturated heterocycles. The summed E-state index contributed by atoms with van der Waals surface area (Å²) in [6.07, 6.45) is 0. The van der Waals surface area contributed by atoms with E-state index in [1.807, 2.05) is 0 Å². The lowest BCUT2D eigenvalue weighted by atomic mass is 10.2. The molecular weight excluding hydrogens is 162 g/mol. The van der Waals surface area contributed by atoms with E-state index in [-0.39, 0.29) is 23.3 Å². The maximum absolute atomic E-state index is 9.06. The lowest BCUT2D eigenvalue weighted by Crippen LogP contribution is -2.11. The van der Waals surface area contributed by atoms with Gasteiger partial charge >= 0.3 is 0 Å². The molecule has 0 aliphatic heterocycles. The highest BCUT2D eigenvalue weighted by Gasteiger charge is 2.06. The van der Waals surface area contributed by atoms with Crippen molar-refractivity contribution in [3.8, 4) is 5.75 Å². The van der Waals surface area contributed by atoms with Gasteiger partial charge in [-0.25, -0.2) is 0 Å². The normalized spacial score (nSPS) is 9.92. The summed E-state index contributed by atoms with van der Waals surface area (Å²) in [5.41, 5.74) is 0.317. The van der Waals surface area contributed by atoms with Crippen LogP contribution in [0.5, 0.6) is 5.75 Å². The van der Waals surface area contributed by atoms with Gasteiger partial charge in [-0.15, -0.1) is 5.23 Å². The number of hydrogen-bond donors (Lipinski definition) is 4. The number of phenolic OH excluding ortho intramolecular Hbond substituents is 1. The van der Waals surface area contributed by atoms with Gasteiger partial charge in [0.15, 0.2) is 0 Å². The molecule has 0 aliphatic carbocycles. The molecule has 1 aromatic rings. The molecule has 4 N–H and O–H groups in total. The largest absolute Gasteiger partial charge is 0.506 e. The average Bonchev–Trinajstić information content (AvgIpc) is 2.05. The van der Waals surface area contributed by atoms with Gasteiger partial charge in [0.2, 0.25) is 0 Å². The van der Waals surface area contributed by atoms with Crippen molar-refractivity contribution in [1.29, 1.82) is 0 Å². The van der Waals surface area contributed by atoms with E-state index in [9.17, 15) is 0 Å². The zero-order valence-electron chi connectivity index (χ0n) is 6.18. The monoisotopic (exact) mass is 171 g/mol. The molecule has 0 unspecified atom stereocenters. The van der Waals surface area contributed by atoms with Crippen LogP contribution in [0.2, 0.25) is 0 Å². The van der Waals surface area contributed by atoms with Crippen LogP contribution in [0.25, 0.3) is 0 Å². The first-order chi connectivity index (χ1) is 5.65. The number of rotatable bonds is 2. The zero-order valence-corrected chi connectivity index (χ0v) is 6.18. The van der Waals surface area contributed by atoms with Crippen molar-refractivity contribution in [1.82, 2.24) is 0 Å². The molecule has 66 valence electrons. The molecule has 5 heteroatoms. The fourth-order valence-electron chi connectivity index (χ4n) is 0.828. The molecule has 1 rings (SSSR count). The Bertz CT molecular complexity index is 274. The third-order valence-electron chi connectivity index (χ3n) is 1.44. The van der Waals surface area contributed by atoms with Crippen molar-refractivity contribution in [2.75, 3.05) is 5.23 Å². The van der Waals surface area contributed by atoms with Gasteiger partial charge in [0, 0.05) is 0 Å². The van der Waals surface area contributed by atoms with E-state index in [0.717, 1.165) is 0 Å². The van der Waals surface area contributed by atoms with Crippen LogP contribution in [-0.4, -0.2) is 20.6 Å². The van der Waals surface area contributed by atoms with Gasteiger partial charge in [-0.3, -0.25) is 10.4 Å². The Kier molecular flexibility index (Phi) is 2.49. The number of hydrogen-bond acceptors (Lipinski definition) is 5. The summed E-state index contributed by atoms with van der Waals surface area (Å²) in [6, 6.07) is 4.00. The van der Waals surface area contributed by atoms with Crippen molar-refractivity contribution in [3.05, 3.63) is 23.8 Å². The van der Waals surface area contributed by atoms with Crippen LogP contribution in [0, 0.1) is 0 Å². The molecule has 0 heterocycles. The standard InChI is InChI=1S/C7H9NO4/c9-4-5-1-2-7(10)6(3-5)8(11)12/h1-3,9-12H,4H2. The van der Waals surface area contributed by atoms with Crippen LogP contribution in [-0.2, 0) is 6.61 Å². The minimum Gasteiger partial charge on any atom is -0.506 e. The van der Waals surface area contributed by atoms with Crippen molar-refractivity contribution >= 4 is 5.69 Å². The molecule has 0 spiro atoms. The zero-order chi connectivity index (χ0) is 9.14. The summed E-state index contributed by atoms with van der Waals surface area (Å²) in [5.74, 6) is -0.266. The third kappa shape index (κ3) is 1.65. The fraction of sp³-hybridized carbons (Fsp3) is 0.143. The highest BCUT2D eigenvalue weighted by molar-refractivity contribution is 5.55. The summed E-state index contributed by atoms with van der Waals surface area (Å²) in [6.45, 7) is -0.221. The smallest absolute Gasteiger partial charge is 0.143 e. The van der Waals surface area contributed by atoms with Crippen LogP contribution in [0.15, 0.2) is 18.2 Å². The number of benzene rings is 1. The van der Waals surface area contributed by atoms with E-state index < -0.39 is 0 Å². The number of aliphatic hydroxyl groups is 1. The first kappa shape index (κ1) is 8.79. The van der Waals surface area contributed by atoms with Gasteiger partial charge in [-0.2, -0.15) is 0 Å². The molecular formula is C7H9NO4. The van der Waals surface area contributed by atoms with Gasteiger partial charge in [0.05, 0.1) is 6.61 Å². The Morgan fingerprint density at radius 1 is 1.25 bits per heavy atom. The van der Waals surface area contributed by atoms with Gasteiger partial charge in [-0.1, -0.05) is 6.07 Å². The van der Waals surface area contributed by atoms with E-state index in [1.54, 1.807) is 0 Å². The minimum absolute atomic E-state index is 0.165. The van der Waals surface area contributed by atoms with E-state index in [0.29, 0.717) is 5.56 Å². The summed E-state index contributed by atoms with van der Waals surface area (Å²) < 4.78 is 0. The summed E-state index contributed by atoms with van der Waals surface area (Å²) in [4.78, 5) is 0. The van der Waals surface area contributed by atoms with Crippen LogP contribution >= 0.6 is 0 Å². The lowest BCUT2D eigenvalue weighted by molar-refractivity contribution is 0.0279. The second-order valence-corrected chi connectivity index (χ2v) is 2.27. The highest BCUT2D eigenvalue weighted by Crippen LogP contribution is 2.25. The van der Waals surface area contributed by atoms with Gasteiger partial charge in [0.1, 0.15) is 11.4 Å². The summed E-state index contributed by atoms with van der Waals surface area (Å²) in [5, 5.41) is 34.7. The minimum atomic E-state index is -0.266. The molecule has 0 saturated carbocycles. The van der Waals surface area contributed by atoms with E-state index >= 15 is 0 Å². The molecule has 0 atom stereocenters. The first-order valence-corrected chi connectivity index (χ1v) is 3.26. The number of aromatic hydroxyl groups is 1. The van der Waals surface area contributed by atoms with E-state index in [2.05, 4.69) is 0 Å². The number of phenols is 1. The summed E-state index contributed by atoms with van der Waals surface area (Å²) in [7, 11) is 0. The Morgan fingerprint density at radius 2 is 1.92 bits per heavy atom. The van der Waals surface area contributed by atoms with Crippen LogP contribution in [0.1, 0.15) is 5.56 Å². The topological polar surface area (TPSA) is 84.2 Å². The lowest BCUT2D eigenvalue weighted by Gasteiger charge is -2.10. The molecule has 0 radical (unpaired) electrons. The van der Waals surface area contributed by atoms with Gasteiger partial charge < -0.3 is 10.2 Å². The van der Waals surface area contributed by atoms with Gasteiger partial charge in [-0.05, 0) is 17.7 Å². The Labute approximate surface area is 68.6 Å². The first-order valence-electron chi connectivity index (χ1n) is 3.26. The average molecular weight is 171 g/mol. The molecule has 0 aromatic heterocycles. The second-order valence-electron chi connectivity index (χ2n) is 2.27. The number of aliphatic hydroxyl groups excluding tert-OH is 1. The molecule has 0 bridgehead atoms. The maximum atomic E-state index is 9.06. The van der Waals surface area contributed by atoms with Crippen molar-refractivity contribution in [2.45, 2.75) is 6.61 Å². The Balaban J connectivity index is 3.08. The maximum Gasteiger partial charge on any atom is 0.143 e. The quantitative estimate of drug-likeness (QED) is 0.486. The molecule has 0 aliphatic rings. The van der Waals surface area contributed by atoms with Crippen LogP contribution in [0.3, 0.4) is 0 Å². The Hall–Kier alpha value is -1.30. The second kappa shape index (κ2) is 3.40. The third-order valence-corrected chi connectivity index (χ3v) is 1.44. The number of nitrogens with zero attached hydrogens (tertiary/aromatic N) is 1. The fourth-order valence-corrected chi connectivity index (χ4v) is 0.828. The van der Waals surface area contributed by atoms with Crippen molar-refractivity contribution < 1.29 is 20.6 Å². The number of anilines is 1. The molecule has 0 fully saturated rings. The van der Waals surface area contributed by atoms with E-state index in [1.165, 1.54) is 18.2 Å². The van der Waals surface area contributed by atoms with Crippen molar-refractivity contribution in [3.63, 3.8) is 0 Å². The Morgan fingerprint density at radius 3 is 2.42 bits per heavy atom. The molecule has 1 aromatic carbocycles. The van der Waals surface area contributed by atoms with Crippen LogP contribution < -0.4 is 5.23 Å². The molecule has 5 nitrogen and oxygen atoms in total. The van der Waals surface area contributed by atoms with Crippen LogP contribution in [0.4, 0.5) is 5.69 Å². The van der Waals surface area contributed by atoms with Gasteiger partial charge in [0.25, 0.3) is 0 Å².